The second-order valence-corrected chi connectivity index (χ2v) is 5.07. The largest absolute Gasteiger partial charge is 0.494 e. The molecule has 0 unspecified atom stereocenters. The van der Waals surface area contributed by atoms with Crippen LogP contribution in [0.4, 0.5) is 0 Å². The Labute approximate surface area is 123 Å². The van der Waals surface area contributed by atoms with Gasteiger partial charge in [-0.15, -0.1) is 0 Å². The number of hydrogen-bond acceptors (Lipinski definition) is 3. The molecule has 0 fully saturated rings. The highest BCUT2D eigenvalue weighted by Gasteiger charge is 2.03. The summed E-state index contributed by atoms with van der Waals surface area (Å²) in [5, 5.41) is 12.0. The molecule has 0 aliphatic carbocycles. The van der Waals surface area contributed by atoms with Gasteiger partial charge in [0.05, 0.1) is 12.7 Å². The maximum atomic E-state index is 8.48. The van der Waals surface area contributed by atoms with Gasteiger partial charge in [-0.05, 0) is 36.6 Å². The fourth-order valence-corrected chi connectivity index (χ4v) is 2.08. The first kappa shape index (κ1) is 16.5. The van der Waals surface area contributed by atoms with E-state index in [1.165, 1.54) is 18.4 Å². The summed E-state index contributed by atoms with van der Waals surface area (Å²) in [5.41, 5.74) is 1.24. The molecule has 0 saturated carbocycles. The minimum Gasteiger partial charge on any atom is -0.494 e. The quantitative estimate of drug-likeness (QED) is 0.658. The average Bonchev–Trinajstić information content (AvgIpc) is 2.49. The van der Waals surface area contributed by atoms with Crippen molar-refractivity contribution < 1.29 is 4.74 Å². The number of benzene rings is 1. The Morgan fingerprint density at radius 1 is 1.30 bits per heavy atom. The molecule has 0 bridgehead atoms. The predicted octanol–water partition coefficient (Wildman–Crippen LogP) is 3.89. The monoisotopic (exact) mass is 274 g/mol. The van der Waals surface area contributed by atoms with E-state index in [0.717, 1.165) is 31.2 Å². The molecule has 110 valence electrons. The van der Waals surface area contributed by atoms with Crippen molar-refractivity contribution in [2.24, 2.45) is 5.92 Å². The summed E-state index contributed by atoms with van der Waals surface area (Å²) in [7, 11) is 0. The molecule has 0 spiro atoms. The van der Waals surface area contributed by atoms with Gasteiger partial charge in [-0.1, -0.05) is 38.8 Å². The van der Waals surface area contributed by atoms with Crippen molar-refractivity contribution in [2.45, 2.75) is 46.1 Å². The standard InChI is InChI=1S/C17H26N2O/c1-3-15(4-2)13-19-14-16-8-7-9-17(12-16)20-11-6-5-10-18/h7-9,12,15,19H,3-6,11,13-14H2,1-2H3. The average molecular weight is 274 g/mol. The van der Waals surface area contributed by atoms with E-state index >= 15 is 0 Å². The Balaban J connectivity index is 2.34. The van der Waals surface area contributed by atoms with Crippen molar-refractivity contribution in [3.63, 3.8) is 0 Å². The lowest BCUT2D eigenvalue weighted by Gasteiger charge is -2.13. The Hall–Kier alpha value is -1.53. The minimum atomic E-state index is 0.552. The third-order valence-corrected chi connectivity index (χ3v) is 3.52. The van der Waals surface area contributed by atoms with Crippen LogP contribution in [0.3, 0.4) is 0 Å². The van der Waals surface area contributed by atoms with Crippen molar-refractivity contribution in [3.05, 3.63) is 29.8 Å². The van der Waals surface area contributed by atoms with Gasteiger partial charge in [0.2, 0.25) is 0 Å². The lowest BCUT2D eigenvalue weighted by molar-refractivity contribution is 0.312. The lowest BCUT2D eigenvalue weighted by Crippen LogP contribution is -2.21. The lowest BCUT2D eigenvalue weighted by atomic mass is 10.0. The van der Waals surface area contributed by atoms with Crippen LogP contribution in [-0.2, 0) is 6.54 Å². The Kier molecular flexibility index (Phi) is 8.49. The molecule has 1 aromatic rings. The van der Waals surface area contributed by atoms with Gasteiger partial charge in [0.15, 0.2) is 0 Å². The van der Waals surface area contributed by atoms with E-state index in [0.29, 0.717) is 13.0 Å². The minimum absolute atomic E-state index is 0.552. The molecule has 1 aromatic carbocycles. The van der Waals surface area contributed by atoms with Gasteiger partial charge in [0.25, 0.3) is 0 Å². The summed E-state index contributed by atoms with van der Waals surface area (Å²) >= 11 is 0. The summed E-state index contributed by atoms with van der Waals surface area (Å²) in [6.07, 6.45) is 3.79. The Bertz CT molecular complexity index is 408. The summed E-state index contributed by atoms with van der Waals surface area (Å²) in [6.45, 7) is 7.04. The zero-order chi connectivity index (χ0) is 14.6. The third kappa shape index (κ3) is 6.58. The number of nitriles is 1. The van der Waals surface area contributed by atoms with Crippen molar-refractivity contribution in [3.8, 4) is 11.8 Å². The molecule has 1 N–H and O–H groups in total. The first-order valence-electron chi connectivity index (χ1n) is 7.59. The molecule has 0 aliphatic heterocycles. The van der Waals surface area contributed by atoms with E-state index in [9.17, 15) is 0 Å². The number of ether oxygens (including phenoxy) is 1. The maximum Gasteiger partial charge on any atom is 0.119 e. The number of nitrogens with zero attached hydrogens (tertiary/aromatic N) is 1. The Morgan fingerprint density at radius 3 is 2.80 bits per heavy atom. The van der Waals surface area contributed by atoms with Gasteiger partial charge in [-0.3, -0.25) is 0 Å². The van der Waals surface area contributed by atoms with Crippen molar-refractivity contribution in [1.82, 2.24) is 5.32 Å². The fraction of sp³-hybridized carbons (Fsp3) is 0.588. The molecule has 0 atom stereocenters. The molecule has 3 heteroatoms. The second kappa shape index (κ2) is 10.3. The van der Waals surface area contributed by atoms with Crippen LogP contribution in [-0.4, -0.2) is 13.2 Å². The van der Waals surface area contributed by atoms with Crippen LogP contribution >= 0.6 is 0 Å². The number of hydrogen-bond donors (Lipinski definition) is 1. The molecule has 3 nitrogen and oxygen atoms in total. The highest BCUT2D eigenvalue weighted by atomic mass is 16.5. The van der Waals surface area contributed by atoms with Crippen LogP contribution in [0.5, 0.6) is 5.75 Å². The summed E-state index contributed by atoms with van der Waals surface area (Å²) in [4.78, 5) is 0. The van der Waals surface area contributed by atoms with Gasteiger partial charge in [-0.25, -0.2) is 0 Å². The van der Waals surface area contributed by atoms with E-state index in [1.807, 2.05) is 12.1 Å². The van der Waals surface area contributed by atoms with E-state index in [-0.39, 0.29) is 0 Å². The van der Waals surface area contributed by atoms with E-state index < -0.39 is 0 Å². The maximum absolute atomic E-state index is 8.48. The molecule has 20 heavy (non-hydrogen) atoms. The molecule has 0 radical (unpaired) electrons. The number of unbranched alkanes of at least 4 members (excludes halogenated alkanes) is 1. The van der Waals surface area contributed by atoms with Crippen LogP contribution in [0.2, 0.25) is 0 Å². The van der Waals surface area contributed by atoms with Crippen LogP contribution in [0.1, 0.15) is 45.1 Å². The molecule has 0 aromatic heterocycles. The number of rotatable bonds is 10. The molecule has 0 aliphatic rings. The van der Waals surface area contributed by atoms with Crippen LogP contribution in [0, 0.1) is 17.2 Å². The third-order valence-electron chi connectivity index (χ3n) is 3.52. The number of nitrogens with one attached hydrogen (secondary N) is 1. The van der Waals surface area contributed by atoms with Gasteiger partial charge >= 0.3 is 0 Å². The zero-order valence-electron chi connectivity index (χ0n) is 12.7. The Morgan fingerprint density at radius 2 is 2.10 bits per heavy atom. The summed E-state index contributed by atoms with van der Waals surface area (Å²) in [5.74, 6) is 1.66. The molecular formula is C17H26N2O. The fourth-order valence-electron chi connectivity index (χ4n) is 2.08. The van der Waals surface area contributed by atoms with E-state index in [4.69, 9.17) is 10.00 Å². The zero-order valence-corrected chi connectivity index (χ0v) is 12.7. The topological polar surface area (TPSA) is 45.0 Å². The van der Waals surface area contributed by atoms with Gasteiger partial charge < -0.3 is 10.1 Å². The SMILES string of the molecule is CCC(CC)CNCc1cccc(OCCCC#N)c1. The van der Waals surface area contributed by atoms with Crippen LogP contribution in [0.15, 0.2) is 24.3 Å². The summed E-state index contributed by atoms with van der Waals surface area (Å²) in [6, 6.07) is 10.3. The highest BCUT2D eigenvalue weighted by Crippen LogP contribution is 2.14. The normalized spacial score (nSPS) is 10.5. The van der Waals surface area contributed by atoms with Crippen molar-refractivity contribution in [2.75, 3.05) is 13.2 Å². The molecular weight excluding hydrogens is 248 g/mol. The molecule has 1 rings (SSSR count). The van der Waals surface area contributed by atoms with Gasteiger partial charge in [0.1, 0.15) is 5.75 Å². The van der Waals surface area contributed by atoms with Crippen LogP contribution in [0.25, 0.3) is 0 Å². The van der Waals surface area contributed by atoms with Crippen molar-refractivity contribution in [1.29, 1.82) is 5.26 Å². The highest BCUT2D eigenvalue weighted by molar-refractivity contribution is 5.28. The van der Waals surface area contributed by atoms with Crippen molar-refractivity contribution >= 4 is 0 Å². The smallest absolute Gasteiger partial charge is 0.119 e. The van der Waals surface area contributed by atoms with Crippen LogP contribution < -0.4 is 10.1 Å². The molecule has 0 amide bonds. The van der Waals surface area contributed by atoms with Gasteiger partial charge in [-0.2, -0.15) is 5.26 Å². The predicted molar refractivity (Wildman–Crippen MR) is 82.6 cm³/mol. The first-order valence-corrected chi connectivity index (χ1v) is 7.59. The first-order chi connectivity index (χ1) is 9.80. The van der Waals surface area contributed by atoms with E-state index in [2.05, 4.69) is 37.4 Å². The summed E-state index contributed by atoms with van der Waals surface area (Å²) < 4.78 is 5.64. The second-order valence-electron chi connectivity index (χ2n) is 5.07. The molecule has 0 heterocycles. The molecule has 0 saturated heterocycles. The van der Waals surface area contributed by atoms with Gasteiger partial charge in [0, 0.05) is 13.0 Å². The van der Waals surface area contributed by atoms with E-state index in [1.54, 1.807) is 0 Å².